The minimum Gasteiger partial charge on any atom is -0.379 e. The zero-order chi connectivity index (χ0) is 10.2. The highest BCUT2D eigenvalue weighted by Crippen LogP contribution is 2.09. The van der Waals surface area contributed by atoms with Crippen molar-refractivity contribution in [2.24, 2.45) is 0 Å². The fraction of sp³-hybridized carbons (Fsp3) is 0.231. The molecule has 74 valence electrons. The molecule has 0 amide bonds. The minimum absolute atomic E-state index is 0.385. The standard InChI is InChI=1S/C13H17N/c1-3-5-9-12(4-2)14-13-10-7-6-8-11-13/h3,5-12,14H,1,4H2,2H3/b9-5-. The largest absolute Gasteiger partial charge is 0.379 e. The first-order valence-corrected chi connectivity index (χ1v) is 4.97. The van der Waals surface area contributed by atoms with Crippen LogP contribution in [0, 0.1) is 0 Å². The molecule has 0 saturated heterocycles. The summed E-state index contributed by atoms with van der Waals surface area (Å²) in [6.45, 7) is 5.82. The van der Waals surface area contributed by atoms with E-state index in [4.69, 9.17) is 0 Å². The zero-order valence-electron chi connectivity index (χ0n) is 8.61. The van der Waals surface area contributed by atoms with Gasteiger partial charge in [-0.05, 0) is 18.6 Å². The molecule has 0 saturated carbocycles. The molecular weight excluding hydrogens is 170 g/mol. The van der Waals surface area contributed by atoms with Gasteiger partial charge < -0.3 is 5.32 Å². The van der Waals surface area contributed by atoms with E-state index in [-0.39, 0.29) is 0 Å². The maximum Gasteiger partial charge on any atom is 0.0444 e. The Morgan fingerprint density at radius 2 is 2.07 bits per heavy atom. The molecule has 0 radical (unpaired) electrons. The first-order chi connectivity index (χ1) is 6.86. The molecule has 0 heterocycles. The molecule has 0 fully saturated rings. The molecule has 0 aliphatic heterocycles. The molecule has 1 heteroatoms. The number of nitrogens with one attached hydrogen (secondary N) is 1. The quantitative estimate of drug-likeness (QED) is 0.694. The summed E-state index contributed by atoms with van der Waals surface area (Å²) in [5.41, 5.74) is 1.16. The smallest absolute Gasteiger partial charge is 0.0444 e. The van der Waals surface area contributed by atoms with Gasteiger partial charge in [0.2, 0.25) is 0 Å². The van der Waals surface area contributed by atoms with Crippen LogP contribution in [0.5, 0.6) is 0 Å². The number of rotatable bonds is 5. The van der Waals surface area contributed by atoms with Crippen LogP contribution in [-0.4, -0.2) is 6.04 Å². The summed E-state index contributed by atoms with van der Waals surface area (Å²) in [5.74, 6) is 0. The van der Waals surface area contributed by atoms with Crippen molar-refractivity contribution in [2.75, 3.05) is 5.32 Å². The van der Waals surface area contributed by atoms with Gasteiger partial charge in [-0.3, -0.25) is 0 Å². The Hall–Kier alpha value is -1.50. The first-order valence-electron chi connectivity index (χ1n) is 4.97. The van der Waals surface area contributed by atoms with Gasteiger partial charge in [-0.1, -0.05) is 49.9 Å². The Bertz CT molecular complexity index is 287. The maximum absolute atomic E-state index is 3.66. The Kier molecular flexibility index (Phi) is 4.56. The molecule has 1 atom stereocenters. The molecule has 14 heavy (non-hydrogen) atoms. The van der Waals surface area contributed by atoms with Crippen LogP contribution in [0.1, 0.15) is 13.3 Å². The van der Waals surface area contributed by atoms with E-state index in [9.17, 15) is 0 Å². The van der Waals surface area contributed by atoms with Crippen LogP contribution in [0.2, 0.25) is 0 Å². The second-order valence-corrected chi connectivity index (χ2v) is 3.15. The SMILES string of the molecule is C=C/C=C\C(CC)Nc1ccccc1. The van der Waals surface area contributed by atoms with Crippen molar-refractivity contribution < 1.29 is 0 Å². The molecule has 0 spiro atoms. The monoisotopic (exact) mass is 187 g/mol. The average Bonchev–Trinajstić information content (AvgIpc) is 2.25. The molecule has 0 aromatic heterocycles. The zero-order valence-corrected chi connectivity index (χ0v) is 8.61. The van der Waals surface area contributed by atoms with E-state index in [0.717, 1.165) is 12.1 Å². The van der Waals surface area contributed by atoms with Crippen molar-refractivity contribution in [3.8, 4) is 0 Å². The Morgan fingerprint density at radius 1 is 1.36 bits per heavy atom. The van der Waals surface area contributed by atoms with Gasteiger partial charge in [-0.25, -0.2) is 0 Å². The summed E-state index contributed by atoms with van der Waals surface area (Å²) in [4.78, 5) is 0. The maximum atomic E-state index is 3.66. The fourth-order valence-electron chi connectivity index (χ4n) is 1.25. The van der Waals surface area contributed by atoms with Crippen LogP contribution in [0.25, 0.3) is 0 Å². The van der Waals surface area contributed by atoms with Gasteiger partial charge in [0, 0.05) is 11.7 Å². The molecule has 1 N–H and O–H groups in total. The topological polar surface area (TPSA) is 12.0 Å². The molecular formula is C13H17N. The highest BCUT2D eigenvalue weighted by Gasteiger charge is 1.99. The fourth-order valence-corrected chi connectivity index (χ4v) is 1.25. The van der Waals surface area contributed by atoms with E-state index < -0.39 is 0 Å². The lowest BCUT2D eigenvalue weighted by atomic mass is 10.2. The van der Waals surface area contributed by atoms with Crippen molar-refractivity contribution in [3.05, 3.63) is 55.1 Å². The number of anilines is 1. The predicted molar refractivity (Wildman–Crippen MR) is 63.5 cm³/mol. The van der Waals surface area contributed by atoms with E-state index in [1.807, 2.05) is 24.3 Å². The van der Waals surface area contributed by atoms with Gasteiger partial charge in [0.15, 0.2) is 0 Å². The predicted octanol–water partition coefficient (Wildman–Crippen LogP) is 3.62. The van der Waals surface area contributed by atoms with E-state index in [0.29, 0.717) is 6.04 Å². The number of hydrogen-bond donors (Lipinski definition) is 1. The van der Waals surface area contributed by atoms with Gasteiger partial charge in [0.25, 0.3) is 0 Å². The van der Waals surface area contributed by atoms with Crippen LogP contribution < -0.4 is 5.32 Å². The Labute approximate surface area is 86.2 Å². The van der Waals surface area contributed by atoms with Crippen LogP contribution in [-0.2, 0) is 0 Å². The third-order valence-electron chi connectivity index (χ3n) is 2.05. The second kappa shape index (κ2) is 6.03. The average molecular weight is 187 g/mol. The number of hydrogen-bond acceptors (Lipinski definition) is 1. The number of benzene rings is 1. The minimum atomic E-state index is 0.385. The van der Waals surface area contributed by atoms with Crippen molar-refractivity contribution in [3.63, 3.8) is 0 Å². The van der Waals surface area contributed by atoms with Gasteiger partial charge in [0.05, 0.1) is 0 Å². The van der Waals surface area contributed by atoms with Crippen LogP contribution in [0.15, 0.2) is 55.1 Å². The van der Waals surface area contributed by atoms with E-state index >= 15 is 0 Å². The summed E-state index contributed by atoms with van der Waals surface area (Å²) in [5, 5.41) is 3.43. The van der Waals surface area contributed by atoms with Gasteiger partial charge in [-0.2, -0.15) is 0 Å². The lowest BCUT2D eigenvalue weighted by molar-refractivity contribution is 0.833. The molecule has 1 aromatic carbocycles. The number of para-hydroxylation sites is 1. The summed E-state index contributed by atoms with van der Waals surface area (Å²) < 4.78 is 0. The third kappa shape index (κ3) is 3.48. The Balaban J connectivity index is 2.57. The normalized spacial score (nSPS) is 12.6. The summed E-state index contributed by atoms with van der Waals surface area (Å²) in [6.07, 6.45) is 6.97. The van der Waals surface area contributed by atoms with E-state index in [1.54, 1.807) is 6.08 Å². The molecule has 0 aliphatic carbocycles. The molecule has 1 nitrogen and oxygen atoms in total. The van der Waals surface area contributed by atoms with Gasteiger partial charge in [0.1, 0.15) is 0 Å². The molecule has 0 aliphatic rings. The van der Waals surface area contributed by atoms with Crippen molar-refractivity contribution >= 4 is 5.69 Å². The Morgan fingerprint density at radius 3 is 2.64 bits per heavy atom. The third-order valence-corrected chi connectivity index (χ3v) is 2.05. The summed E-state index contributed by atoms with van der Waals surface area (Å²) >= 11 is 0. The first kappa shape index (κ1) is 10.6. The van der Waals surface area contributed by atoms with Crippen LogP contribution >= 0.6 is 0 Å². The lowest BCUT2D eigenvalue weighted by Crippen LogP contribution is -2.14. The van der Waals surface area contributed by atoms with E-state index in [1.165, 1.54) is 0 Å². The molecule has 1 rings (SSSR count). The van der Waals surface area contributed by atoms with Crippen molar-refractivity contribution in [2.45, 2.75) is 19.4 Å². The highest BCUT2D eigenvalue weighted by atomic mass is 14.9. The van der Waals surface area contributed by atoms with Gasteiger partial charge in [-0.15, -0.1) is 0 Å². The second-order valence-electron chi connectivity index (χ2n) is 3.15. The molecule has 0 bridgehead atoms. The highest BCUT2D eigenvalue weighted by molar-refractivity contribution is 5.44. The van der Waals surface area contributed by atoms with E-state index in [2.05, 4.69) is 37.0 Å². The lowest BCUT2D eigenvalue weighted by Gasteiger charge is -2.13. The summed E-state index contributed by atoms with van der Waals surface area (Å²) in [7, 11) is 0. The van der Waals surface area contributed by atoms with Crippen molar-refractivity contribution in [1.82, 2.24) is 0 Å². The van der Waals surface area contributed by atoms with Gasteiger partial charge >= 0.3 is 0 Å². The molecule has 1 unspecified atom stereocenters. The van der Waals surface area contributed by atoms with Crippen LogP contribution in [0.3, 0.4) is 0 Å². The molecule has 1 aromatic rings. The van der Waals surface area contributed by atoms with Crippen LogP contribution in [0.4, 0.5) is 5.69 Å². The summed E-state index contributed by atoms with van der Waals surface area (Å²) in [6, 6.07) is 10.6. The van der Waals surface area contributed by atoms with Crippen molar-refractivity contribution in [1.29, 1.82) is 0 Å². The number of allylic oxidation sites excluding steroid dienone is 2.